The molecule has 0 saturated heterocycles. The van der Waals surface area contributed by atoms with Crippen molar-refractivity contribution in [3.8, 4) is 12.3 Å². The average Bonchev–Trinajstić information content (AvgIpc) is 2.36. The first-order valence-electron chi connectivity index (χ1n) is 5.26. The minimum atomic E-state index is -0.467. The lowest BCUT2D eigenvalue weighted by Crippen LogP contribution is -2.14. The van der Waals surface area contributed by atoms with Gasteiger partial charge in [0.05, 0.1) is 6.42 Å². The first-order valence-corrected chi connectivity index (χ1v) is 6.34. The quantitative estimate of drug-likeness (QED) is 0.499. The molecule has 0 aliphatic carbocycles. The molecule has 0 spiro atoms. The van der Waals surface area contributed by atoms with E-state index in [9.17, 15) is 9.59 Å². The van der Waals surface area contributed by atoms with E-state index in [0.29, 0.717) is 5.69 Å². The molecule has 4 nitrogen and oxygen atoms in total. The number of nitrogens with one attached hydrogen (secondary N) is 1. The highest BCUT2D eigenvalue weighted by Crippen LogP contribution is 2.11. The zero-order valence-electron chi connectivity index (χ0n) is 9.61. The number of halogens is 1. The van der Waals surface area contributed by atoms with Gasteiger partial charge in [0.15, 0.2) is 6.61 Å². The highest BCUT2D eigenvalue weighted by Gasteiger charge is 2.07. The second-order valence-electron chi connectivity index (χ2n) is 3.42. The van der Waals surface area contributed by atoms with Crippen LogP contribution in [-0.4, -0.2) is 18.5 Å². The molecule has 1 N–H and O–H groups in total. The van der Waals surface area contributed by atoms with E-state index < -0.39 is 5.97 Å². The molecule has 0 heterocycles. The van der Waals surface area contributed by atoms with Gasteiger partial charge in [-0.2, -0.15) is 0 Å². The van der Waals surface area contributed by atoms with Crippen LogP contribution in [0.1, 0.15) is 12.8 Å². The summed E-state index contributed by atoms with van der Waals surface area (Å²) >= 11 is 2.18. The fraction of sp³-hybridized carbons (Fsp3) is 0.231. The Kier molecular flexibility index (Phi) is 6.22. The Bertz CT molecular complexity index is 462. The number of hydrogen-bond acceptors (Lipinski definition) is 3. The summed E-state index contributed by atoms with van der Waals surface area (Å²) in [6.45, 7) is -0.0580. The largest absolute Gasteiger partial charge is 0.452 e. The third kappa shape index (κ3) is 5.68. The fourth-order valence-electron chi connectivity index (χ4n) is 1.17. The molecule has 0 atom stereocenters. The van der Waals surface area contributed by atoms with E-state index in [1.807, 2.05) is 12.1 Å². The van der Waals surface area contributed by atoms with Gasteiger partial charge < -0.3 is 10.1 Å². The molecular formula is C13H12INO3. The van der Waals surface area contributed by atoms with E-state index in [4.69, 9.17) is 6.42 Å². The second-order valence-corrected chi connectivity index (χ2v) is 4.67. The molecule has 94 valence electrons. The van der Waals surface area contributed by atoms with Gasteiger partial charge in [0.2, 0.25) is 5.91 Å². The molecule has 18 heavy (non-hydrogen) atoms. The number of anilines is 1. The number of rotatable bonds is 5. The van der Waals surface area contributed by atoms with Crippen molar-refractivity contribution < 1.29 is 14.3 Å². The Morgan fingerprint density at radius 2 is 1.94 bits per heavy atom. The van der Waals surface area contributed by atoms with E-state index in [-0.39, 0.29) is 25.4 Å². The van der Waals surface area contributed by atoms with E-state index in [1.165, 1.54) is 0 Å². The average molecular weight is 357 g/mol. The maximum atomic E-state index is 11.5. The van der Waals surface area contributed by atoms with E-state index in [1.54, 1.807) is 12.1 Å². The summed E-state index contributed by atoms with van der Waals surface area (Å²) in [6.07, 6.45) is 5.04. The zero-order chi connectivity index (χ0) is 13.4. The summed E-state index contributed by atoms with van der Waals surface area (Å²) in [4.78, 5) is 22.6. The first kappa shape index (κ1) is 14.5. The smallest absolute Gasteiger partial charge is 0.307 e. The van der Waals surface area contributed by atoms with Crippen LogP contribution < -0.4 is 5.32 Å². The molecule has 0 radical (unpaired) electrons. The molecule has 0 aromatic heterocycles. The van der Waals surface area contributed by atoms with Crippen LogP contribution in [0.3, 0.4) is 0 Å². The van der Waals surface area contributed by atoms with Crippen LogP contribution in [-0.2, 0) is 14.3 Å². The van der Waals surface area contributed by atoms with Crippen molar-refractivity contribution in [2.45, 2.75) is 12.8 Å². The van der Waals surface area contributed by atoms with Crippen LogP contribution in [0.5, 0.6) is 0 Å². The third-order valence-electron chi connectivity index (χ3n) is 2.00. The van der Waals surface area contributed by atoms with Crippen molar-refractivity contribution in [3.63, 3.8) is 0 Å². The van der Waals surface area contributed by atoms with Gasteiger partial charge in [0.25, 0.3) is 0 Å². The van der Waals surface area contributed by atoms with Crippen molar-refractivity contribution in [2.75, 3.05) is 11.9 Å². The number of ether oxygens (including phenoxy) is 1. The minimum Gasteiger partial charge on any atom is -0.452 e. The standard InChI is InChI=1S/C13H12INO3/c1-2-9-18-13(17)8-7-12(16)15-11-5-3-10(14)4-6-11/h1,3-6H,7-9H2,(H,15,16). The van der Waals surface area contributed by atoms with Gasteiger partial charge >= 0.3 is 5.97 Å². The maximum absolute atomic E-state index is 11.5. The molecule has 1 amide bonds. The fourth-order valence-corrected chi connectivity index (χ4v) is 1.53. The van der Waals surface area contributed by atoms with Crippen molar-refractivity contribution in [3.05, 3.63) is 27.8 Å². The maximum Gasteiger partial charge on any atom is 0.307 e. The Hall–Kier alpha value is -1.55. The molecule has 1 aromatic carbocycles. The number of amides is 1. The zero-order valence-corrected chi connectivity index (χ0v) is 11.8. The lowest BCUT2D eigenvalue weighted by atomic mass is 10.2. The molecule has 5 heteroatoms. The van der Waals surface area contributed by atoms with Crippen molar-refractivity contribution in [2.24, 2.45) is 0 Å². The van der Waals surface area contributed by atoms with Gasteiger partial charge in [0, 0.05) is 15.7 Å². The summed E-state index contributed by atoms with van der Waals surface area (Å²) in [5, 5.41) is 2.69. The van der Waals surface area contributed by atoms with Crippen LogP contribution in [0.2, 0.25) is 0 Å². The van der Waals surface area contributed by atoms with Crippen LogP contribution >= 0.6 is 22.6 Å². The first-order chi connectivity index (χ1) is 8.61. The molecular weight excluding hydrogens is 345 g/mol. The van der Waals surface area contributed by atoms with Gasteiger partial charge in [-0.3, -0.25) is 9.59 Å². The second kappa shape index (κ2) is 7.71. The summed E-state index contributed by atoms with van der Waals surface area (Å²) in [6, 6.07) is 7.38. The van der Waals surface area contributed by atoms with Gasteiger partial charge in [-0.15, -0.1) is 6.42 Å². The van der Waals surface area contributed by atoms with Gasteiger partial charge in [-0.05, 0) is 46.9 Å². The lowest BCUT2D eigenvalue weighted by molar-refractivity contribution is -0.143. The van der Waals surface area contributed by atoms with Crippen LogP contribution in [0.25, 0.3) is 0 Å². The normalized spacial score (nSPS) is 9.33. The summed E-state index contributed by atoms with van der Waals surface area (Å²) in [5.41, 5.74) is 0.706. The molecule has 1 aromatic rings. The lowest BCUT2D eigenvalue weighted by Gasteiger charge is -2.05. The Labute approximate surface area is 119 Å². The van der Waals surface area contributed by atoms with Gasteiger partial charge in [-0.25, -0.2) is 0 Å². The van der Waals surface area contributed by atoms with Crippen LogP contribution in [0.15, 0.2) is 24.3 Å². The molecule has 1 rings (SSSR count). The highest BCUT2D eigenvalue weighted by molar-refractivity contribution is 14.1. The minimum absolute atomic E-state index is 0.0257. The molecule has 0 fully saturated rings. The Balaban J connectivity index is 2.32. The van der Waals surface area contributed by atoms with Crippen molar-refractivity contribution in [1.82, 2.24) is 0 Å². The number of terminal acetylenes is 1. The van der Waals surface area contributed by atoms with E-state index >= 15 is 0 Å². The van der Waals surface area contributed by atoms with Crippen LogP contribution in [0.4, 0.5) is 5.69 Å². The molecule has 0 saturated carbocycles. The number of carbonyl (C=O) groups excluding carboxylic acids is 2. The van der Waals surface area contributed by atoms with Crippen molar-refractivity contribution in [1.29, 1.82) is 0 Å². The summed E-state index contributed by atoms with van der Waals surface area (Å²) < 4.78 is 5.74. The predicted molar refractivity (Wildman–Crippen MR) is 76.8 cm³/mol. The summed E-state index contributed by atoms with van der Waals surface area (Å²) in [7, 11) is 0. The molecule has 0 aliphatic rings. The monoisotopic (exact) mass is 357 g/mol. The molecule has 0 bridgehead atoms. The Morgan fingerprint density at radius 1 is 1.28 bits per heavy atom. The Morgan fingerprint density at radius 3 is 2.56 bits per heavy atom. The highest BCUT2D eigenvalue weighted by atomic mass is 127. The van der Waals surface area contributed by atoms with Crippen LogP contribution in [0, 0.1) is 15.9 Å². The topological polar surface area (TPSA) is 55.4 Å². The SMILES string of the molecule is C#CCOC(=O)CCC(=O)Nc1ccc(I)cc1. The van der Waals surface area contributed by atoms with Gasteiger partial charge in [0.1, 0.15) is 0 Å². The number of benzene rings is 1. The van der Waals surface area contributed by atoms with Crippen molar-refractivity contribution >= 4 is 40.2 Å². The number of esters is 1. The number of hydrogen-bond donors (Lipinski definition) is 1. The van der Waals surface area contributed by atoms with Gasteiger partial charge in [-0.1, -0.05) is 5.92 Å². The molecule has 0 unspecified atom stereocenters. The number of carbonyl (C=O) groups is 2. The van der Waals surface area contributed by atoms with E-state index in [2.05, 4.69) is 38.6 Å². The summed E-state index contributed by atoms with van der Waals surface area (Å²) in [5.74, 6) is 1.49. The van der Waals surface area contributed by atoms with E-state index in [0.717, 1.165) is 3.57 Å². The molecule has 0 aliphatic heterocycles. The third-order valence-corrected chi connectivity index (χ3v) is 2.72. The predicted octanol–water partition coefficient (Wildman–Crippen LogP) is 2.19.